The van der Waals surface area contributed by atoms with Crippen LogP contribution in [0.3, 0.4) is 0 Å². The van der Waals surface area contributed by atoms with E-state index in [2.05, 4.69) is 21.7 Å². The number of hydrogen-bond acceptors (Lipinski definition) is 3. The molecule has 6 heteroatoms. The molecular formula is C20H15ClFN3S. The molecule has 0 spiro atoms. The van der Waals surface area contributed by atoms with Crippen LogP contribution >= 0.6 is 23.4 Å². The van der Waals surface area contributed by atoms with E-state index in [0.717, 1.165) is 16.2 Å². The number of aromatic nitrogens is 3. The third-order valence-corrected chi connectivity index (χ3v) is 5.46. The van der Waals surface area contributed by atoms with Crippen molar-refractivity contribution in [3.8, 4) is 0 Å². The predicted molar refractivity (Wildman–Crippen MR) is 104 cm³/mol. The lowest BCUT2D eigenvalue weighted by atomic mass is 10.2. The van der Waals surface area contributed by atoms with E-state index >= 15 is 0 Å². The van der Waals surface area contributed by atoms with E-state index in [9.17, 15) is 4.39 Å². The molecule has 0 aliphatic rings. The van der Waals surface area contributed by atoms with Crippen LogP contribution in [0, 0.1) is 5.82 Å². The van der Waals surface area contributed by atoms with Crippen molar-refractivity contribution in [2.45, 2.75) is 17.5 Å². The largest absolute Gasteiger partial charge is 0.313 e. The van der Waals surface area contributed by atoms with Gasteiger partial charge in [0, 0.05) is 22.5 Å². The normalized spacial score (nSPS) is 11.2. The zero-order valence-electron chi connectivity index (χ0n) is 13.8. The standard InChI is InChI=1S/C20H15ClFN3S/c21-16-7-4-8-17(22)15(16)13-26-20-24-18-9-10-23-11-19(18)25(20)12-14-5-2-1-3-6-14/h1-11H,12-13H2. The highest BCUT2D eigenvalue weighted by Gasteiger charge is 2.14. The summed E-state index contributed by atoms with van der Waals surface area (Å²) in [5.41, 5.74) is 3.49. The lowest BCUT2D eigenvalue weighted by Crippen LogP contribution is -2.02. The first-order valence-corrected chi connectivity index (χ1v) is 9.48. The Kier molecular flexibility index (Phi) is 4.91. The molecule has 0 fully saturated rings. The molecule has 4 rings (SSSR count). The molecule has 130 valence electrons. The van der Waals surface area contributed by atoms with Gasteiger partial charge in [0.25, 0.3) is 0 Å². The topological polar surface area (TPSA) is 30.7 Å². The maximum atomic E-state index is 14.1. The number of imidazole rings is 1. The van der Waals surface area contributed by atoms with E-state index in [-0.39, 0.29) is 5.82 Å². The maximum absolute atomic E-state index is 14.1. The van der Waals surface area contributed by atoms with Gasteiger partial charge in [0.1, 0.15) is 5.82 Å². The fraction of sp³-hybridized carbons (Fsp3) is 0.100. The quantitative estimate of drug-likeness (QED) is 0.422. The number of hydrogen-bond donors (Lipinski definition) is 0. The van der Waals surface area contributed by atoms with Crippen molar-refractivity contribution in [1.82, 2.24) is 14.5 Å². The Morgan fingerprint density at radius 3 is 2.69 bits per heavy atom. The third-order valence-electron chi connectivity index (χ3n) is 4.11. The summed E-state index contributed by atoms with van der Waals surface area (Å²) in [6.45, 7) is 0.677. The van der Waals surface area contributed by atoms with Gasteiger partial charge in [-0.1, -0.05) is 59.8 Å². The smallest absolute Gasteiger partial charge is 0.169 e. The zero-order valence-corrected chi connectivity index (χ0v) is 15.3. The number of nitrogens with zero attached hydrogens (tertiary/aromatic N) is 3. The summed E-state index contributed by atoms with van der Waals surface area (Å²) in [5, 5.41) is 1.25. The zero-order chi connectivity index (χ0) is 17.9. The van der Waals surface area contributed by atoms with Crippen molar-refractivity contribution in [3.63, 3.8) is 0 Å². The predicted octanol–water partition coefficient (Wildman–Crippen LogP) is 5.56. The van der Waals surface area contributed by atoms with Gasteiger partial charge in [0.2, 0.25) is 0 Å². The molecule has 0 bridgehead atoms. The first kappa shape index (κ1) is 17.1. The molecule has 2 aromatic carbocycles. The van der Waals surface area contributed by atoms with Crippen LogP contribution in [0.4, 0.5) is 4.39 Å². The number of benzene rings is 2. The molecule has 0 aliphatic heterocycles. The van der Waals surface area contributed by atoms with E-state index in [4.69, 9.17) is 16.6 Å². The second-order valence-electron chi connectivity index (χ2n) is 5.82. The van der Waals surface area contributed by atoms with E-state index in [0.29, 0.717) is 22.9 Å². The van der Waals surface area contributed by atoms with Gasteiger partial charge in [-0.2, -0.15) is 0 Å². The Morgan fingerprint density at radius 2 is 1.88 bits per heavy atom. The highest BCUT2D eigenvalue weighted by Crippen LogP contribution is 2.30. The molecule has 0 radical (unpaired) electrons. The Labute approximate surface area is 159 Å². The third kappa shape index (κ3) is 3.45. The first-order valence-electron chi connectivity index (χ1n) is 8.12. The van der Waals surface area contributed by atoms with Crippen molar-refractivity contribution in [2.75, 3.05) is 0 Å². The summed E-state index contributed by atoms with van der Waals surface area (Å²) in [6.07, 6.45) is 3.54. The SMILES string of the molecule is Fc1cccc(Cl)c1CSc1nc2ccncc2n1Cc1ccccc1. The van der Waals surface area contributed by atoms with Crippen LogP contribution in [-0.4, -0.2) is 14.5 Å². The average molecular weight is 384 g/mol. The van der Waals surface area contributed by atoms with Crippen LogP contribution < -0.4 is 0 Å². The van der Waals surface area contributed by atoms with Crippen molar-refractivity contribution in [3.05, 3.63) is 89.0 Å². The van der Waals surface area contributed by atoms with Crippen molar-refractivity contribution in [1.29, 1.82) is 0 Å². The molecule has 26 heavy (non-hydrogen) atoms. The molecular weight excluding hydrogens is 369 g/mol. The van der Waals surface area contributed by atoms with E-state index in [1.54, 1.807) is 18.3 Å². The molecule has 3 nitrogen and oxygen atoms in total. The first-order chi connectivity index (χ1) is 12.7. The van der Waals surface area contributed by atoms with Gasteiger partial charge in [-0.05, 0) is 23.8 Å². The van der Waals surface area contributed by atoms with Crippen molar-refractivity contribution < 1.29 is 4.39 Å². The van der Waals surface area contributed by atoms with Crippen molar-refractivity contribution in [2.24, 2.45) is 0 Å². The highest BCUT2D eigenvalue weighted by molar-refractivity contribution is 7.98. The lowest BCUT2D eigenvalue weighted by Gasteiger charge is -2.10. The van der Waals surface area contributed by atoms with Crippen LogP contribution in [0.2, 0.25) is 5.02 Å². The fourth-order valence-electron chi connectivity index (χ4n) is 2.78. The van der Waals surface area contributed by atoms with Gasteiger partial charge in [-0.15, -0.1) is 0 Å². The Balaban J connectivity index is 1.69. The molecule has 0 saturated carbocycles. The number of fused-ring (bicyclic) bond motifs is 1. The number of thioether (sulfide) groups is 1. The fourth-order valence-corrected chi connectivity index (χ4v) is 4.14. The van der Waals surface area contributed by atoms with Gasteiger partial charge in [0.05, 0.1) is 23.8 Å². The van der Waals surface area contributed by atoms with E-state index < -0.39 is 0 Å². The maximum Gasteiger partial charge on any atom is 0.169 e. The molecule has 0 N–H and O–H groups in total. The highest BCUT2D eigenvalue weighted by atomic mass is 35.5. The van der Waals surface area contributed by atoms with Gasteiger partial charge < -0.3 is 4.57 Å². The van der Waals surface area contributed by atoms with Gasteiger partial charge in [-0.3, -0.25) is 4.98 Å². The van der Waals surface area contributed by atoms with Crippen LogP contribution in [0.15, 0.2) is 72.1 Å². The molecule has 2 aromatic heterocycles. The molecule has 2 heterocycles. The van der Waals surface area contributed by atoms with Crippen LogP contribution in [0.5, 0.6) is 0 Å². The second-order valence-corrected chi connectivity index (χ2v) is 7.17. The molecule has 0 saturated heterocycles. The summed E-state index contributed by atoms with van der Waals surface area (Å²) in [7, 11) is 0. The Morgan fingerprint density at radius 1 is 1.04 bits per heavy atom. The number of pyridine rings is 1. The van der Waals surface area contributed by atoms with Crippen LogP contribution in [0.1, 0.15) is 11.1 Å². The van der Waals surface area contributed by atoms with Gasteiger partial charge in [-0.25, -0.2) is 9.37 Å². The van der Waals surface area contributed by atoms with Crippen LogP contribution in [0.25, 0.3) is 11.0 Å². The lowest BCUT2D eigenvalue weighted by molar-refractivity contribution is 0.617. The molecule has 0 unspecified atom stereocenters. The summed E-state index contributed by atoms with van der Waals surface area (Å²) in [6, 6.07) is 16.8. The summed E-state index contributed by atoms with van der Waals surface area (Å²) in [5.74, 6) is 0.120. The minimum absolute atomic E-state index is 0.294. The minimum atomic E-state index is -0.294. The number of halogens is 2. The second kappa shape index (κ2) is 7.48. The Bertz CT molecular complexity index is 1030. The van der Waals surface area contributed by atoms with Crippen molar-refractivity contribution >= 4 is 34.4 Å². The van der Waals surface area contributed by atoms with E-state index in [1.165, 1.54) is 23.4 Å². The van der Waals surface area contributed by atoms with Gasteiger partial charge in [0.15, 0.2) is 5.16 Å². The monoisotopic (exact) mass is 383 g/mol. The Hall–Kier alpha value is -2.37. The molecule has 0 amide bonds. The van der Waals surface area contributed by atoms with Gasteiger partial charge >= 0.3 is 0 Å². The molecule has 0 aliphatic carbocycles. The molecule has 4 aromatic rings. The summed E-state index contributed by atoms with van der Waals surface area (Å²) >= 11 is 7.63. The molecule has 0 atom stereocenters. The average Bonchev–Trinajstić information content (AvgIpc) is 3.00. The van der Waals surface area contributed by atoms with E-state index in [1.807, 2.05) is 30.5 Å². The minimum Gasteiger partial charge on any atom is -0.313 e. The number of rotatable bonds is 5. The summed E-state index contributed by atoms with van der Waals surface area (Å²) < 4.78 is 16.2. The van der Waals surface area contributed by atoms with Crippen LogP contribution in [-0.2, 0) is 12.3 Å². The summed E-state index contributed by atoms with van der Waals surface area (Å²) in [4.78, 5) is 8.93.